The van der Waals surface area contributed by atoms with Crippen LogP contribution in [0.15, 0.2) is 24.3 Å². The van der Waals surface area contributed by atoms with Crippen molar-refractivity contribution >= 4 is 17.7 Å². The molecule has 0 saturated carbocycles. The lowest BCUT2D eigenvalue weighted by Crippen LogP contribution is -2.30. The van der Waals surface area contributed by atoms with E-state index in [1.54, 1.807) is 0 Å². The lowest BCUT2D eigenvalue weighted by atomic mass is 10.1. The SMILES string of the molecule is Cc1cccc(C(=O)NC2CCCS2)c1. The molecule has 1 saturated heterocycles. The van der Waals surface area contributed by atoms with E-state index in [0.29, 0.717) is 5.37 Å². The number of hydrogen-bond acceptors (Lipinski definition) is 2. The summed E-state index contributed by atoms with van der Waals surface area (Å²) in [6, 6.07) is 7.71. The molecular weight excluding hydrogens is 206 g/mol. The number of amides is 1. The summed E-state index contributed by atoms with van der Waals surface area (Å²) in [4.78, 5) is 11.8. The van der Waals surface area contributed by atoms with Crippen LogP contribution in [0.3, 0.4) is 0 Å². The predicted molar refractivity (Wildman–Crippen MR) is 64.1 cm³/mol. The Morgan fingerprint density at radius 2 is 2.40 bits per heavy atom. The van der Waals surface area contributed by atoms with Crippen LogP contribution < -0.4 is 5.32 Å². The van der Waals surface area contributed by atoms with Crippen molar-refractivity contribution in [2.24, 2.45) is 0 Å². The van der Waals surface area contributed by atoms with Gasteiger partial charge in [0.2, 0.25) is 0 Å². The smallest absolute Gasteiger partial charge is 0.252 e. The highest BCUT2D eigenvalue weighted by molar-refractivity contribution is 8.00. The Kier molecular flexibility index (Phi) is 3.31. The molecule has 1 atom stereocenters. The zero-order chi connectivity index (χ0) is 10.7. The first-order valence-corrected chi connectivity index (χ1v) is 6.30. The molecule has 0 radical (unpaired) electrons. The predicted octanol–water partition coefficient (Wildman–Crippen LogP) is 2.58. The number of nitrogens with one attached hydrogen (secondary N) is 1. The fourth-order valence-electron chi connectivity index (χ4n) is 1.71. The van der Waals surface area contributed by atoms with Gasteiger partial charge in [-0.3, -0.25) is 4.79 Å². The molecule has 1 fully saturated rings. The van der Waals surface area contributed by atoms with Gasteiger partial charge in [0, 0.05) is 5.56 Å². The molecule has 80 valence electrons. The molecule has 0 spiro atoms. The number of aryl methyl sites for hydroxylation is 1. The van der Waals surface area contributed by atoms with Gasteiger partial charge in [0.05, 0.1) is 5.37 Å². The van der Waals surface area contributed by atoms with Gasteiger partial charge in [-0.1, -0.05) is 17.7 Å². The first-order valence-electron chi connectivity index (χ1n) is 5.25. The van der Waals surface area contributed by atoms with Crippen molar-refractivity contribution in [2.45, 2.75) is 25.1 Å². The van der Waals surface area contributed by atoms with Gasteiger partial charge in [-0.25, -0.2) is 0 Å². The monoisotopic (exact) mass is 221 g/mol. The molecule has 1 aliphatic heterocycles. The maximum absolute atomic E-state index is 11.8. The van der Waals surface area contributed by atoms with Gasteiger partial charge in [-0.05, 0) is 37.7 Å². The van der Waals surface area contributed by atoms with Crippen molar-refractivity contribution < 1.29 is 4.79 Å². The van der Waals surface area contributed by atoms with E-state index in [1.807, 2.05) is 43.0 Å². The molecule has 15 heavy (non-hydrogen) atoms. The molecule has 1 N–H and O–H groups in total. The number of carbonyl (C=O) groups excluding carboxylic acids is 1. The Bertz CT molecular complexity index is 358. The van der Waals surface area contributed by atoms with Crippen LogP contribution in [0, 0.1) is 6.92 Å². The Hall–Kier alpha value is -0.960. The summed E-state index contributed by atoms with van der Waals surface area (Å²) < 4.78 is 0. The van der Waals surface area contributed by atoms with Gasteiger partial charge in [-0.15, -0.1) is 11.8 Å². The summed E-state index contributed by atoms with van der Waals surface area (Å²) in [7, 11) is 0. The summed E-state index contributed by atoms with van der Waals surface area (Å²) in [6.45, 7) is 2.00. The number of benzene rings is 1. The van der Waals surface area contributed by atoms with Crippen molar-refractivity contribution in [3.63, 3.8) is 0 Å². The molecule has 0 bridgehead atoms. The Morgan fingerprint density at radius 1 is 1.53 bits per heavy atom. The average Bonchev–Trinajstić information content (AvgIpc) is 2.70. The third-order valence-electron chi connectivity index (χ3n) is 2.50. The molecular formula is C12H15NOS. The molecule has 1 amide bonds. The number of thioether (sulfide) groups is 1. The lowest BCUT2D eigenvalue weighted by Gasteiger charge is -2.11. The minimum Gasteiger partial charge on any atom is -0.340 e. The molecule has 1 aromatic rings. The molecule has 2 nitrogen and oxygen atoms in total. The second-order valence-electron chi connectivity index (χ2n) is 3.84. The summed E-state index contributed by atoms with van der Waals surface area (Å²) in [5.74, 6) is 1.22. The van der Waals surface area contributed by atoms with Crippen molar-refractivity contribution in [3.8, 4) is 0 Å². The van der Waals surface area contributed by atoms with Crippen LogP contribution in [0.1, 0.15) is 28.8 Å². The van der Waals surface area contributed by atoms with Crippen molar-refractivity contribution in [1.82, 2.24) is 5.32 Å². The number of carbonyl (C=O) groups is 1. The third-order valence-corrected chi connectivity index (χ3v) is 3.78. The summed E-state index contributed by atoms with van der Waals surface area (Å²) in [5.41, 5.74) is 1.89. The molecule has 1 aromatic carbocycles. The number of rotatable bonds is 2. The normalized spacial score (nSPS) is 20.2. The van der Waals surface area contributed by atoms with Crippen LogP contribution in [-0.4, -0.2) is 17.0 Å². The van der Waals surface area contributed by atoms with Crippen molar-refractivity contribution in [3.05, 3.63) is 35.4 Å². The van der Waals surface area contributed by atoms with E-state index in [1.165, 1.54) is 12.2 Å². The van der Waals surface area contributed by atoms with E-state index in [4.69, 9.17) is 0 Å². The third kappa shape index (κ3) is 2.75. The van der Waals surface area contributed by atoms with Crippen molar-refractivity contribution in [2.75, 3.05) is 5.75 Å². The first-order chi connectivity index (χ1) is 7.25. The van der Waals surface area contributed by atoms with E-state index in [0.717, 1.165) is 17.5 Å². The van der Waals surface area contributed by atoms with E-state index < -0.39 is 0 Å². The zero-order valence-corrected chi connectivity index (χ0v) is 9.64. The quantitative estimate of drug-likeness (QED) is 0.831. The molecule has 1 unspecified atom stereocenters. The van der Waals surface area contributed by atoms with Gasteiger partial charge in [-0.2, -0.15) is 0 Å². The fraction of sp³-hybridized carbons (Fsp3) is 0.417. The highest BCUT2D eigenvalue weighted by Crippen LogP contribution is 2.24. The van der Waals surface area contributed by atoms with E-state index in [2.05, 4.69) is 5.32 Å². The van der Waals surface area contributed by atoms with Gasteiger partial charge < -0.3 is 5.32 Å². The Balaban J connectivity index is 2.01. The van der Waals surface area contributed by atoms with E-state index >= 15 is 0 Å². The van der Waals surface area contributed by atoms with Crippen LogP contribution in [0.25, 0.3) is 0 Å². The summed E-state index contributed by atoms with van der Waals surface area (Å²) in [6.07, 6.45) is 2.31. The second kappa shape index (κ2) is 4.71. The number of hydrogen-bond donors (Lipinski definition) is 1. The van der Waals surface area contributed by atoms with Gasteiger partial charge >= 0.3 is 0 Å². The Morgan fingerprint density at radius 3 is 3.07 bits per heavy atom. The van der Waals surface area contributed by atoms with Crippen molar-refractivity contribution in [1.29, 1.82) is 0 Å². The lowest BCUT2D eigenvalue weighted by molar-refractivity contribution is 0.0949. The van der Waals surface area contributed by atoms with Crippen LogP contribution in [-0.2, 0) is 0 Å². The van der Waals surface area contributed by atoms with Gasteiger partial charge in [0.25, 0.3) is 5.91 Å². The van der Waals surface area contributed by atoms with E-state index in [-0.39, 0.29) is 5.91 Å². The maximum atomic E-state index is 11.8. The topological polar surface area (TPSA) is 29.1 Å². The largest absolute Gasteiger partial charge is 0.340 e. The minimum atomic E-state index is 0.0538. The second-order valence-corrected chi connectivity index (χ2v) is 5.16. The Labute approximate surface area is 94.4 Å². The molecule has 1 heterocycles. The molecule has 0 aliphatic carbocycles. The maximum Gasteiger partial charge on any atom is 0.252 e. The molecule has 3 heteroatoms. The minimum absolute atomic E-state index is 0.0538. The van der Waals surface area contributed by atoms with Crippen LogP contribution in [0.4, 0.5) is 0 Å². The standard InChI is InChI=1S/C12H15NOS/c1-9-4-2-5-10(8-9)12(14)13-11-6-3-7-15-11/h2,4-5,8,11H,3,6-7H2,1H3,(H,13,14). The van der Waals surface area contributed by atoms with Gasteiger partial charge in [0.1, 0.15) is 0 Å². The molecule has 2 rings (SSSR count). The summed E-state index contributed by atoms with van der Waals surface area (Å²) >= 11 is 1.84. The first kappa shape index (κ1) is 10.6. The fourth-order valence-corrected chi connectivity index (χ4v) is 2.85. The van der Waals surface area contributed by atoms with Crippen LogP contribution in [0.5, 0.6) is 0 Å². The van der Waals surface area contributed by atoms with E-state index in [9.17, 15) is 4.79 Å². The highest BCUT2D eigenvalue weighted by Gasteiger charge is 2.18. The van der Waals surface area contributed by atoms with Crippen LogP contribution >= 0.6 is 11.8 Å². The van der Waals surface area contributed by atoms with Crippen LogP contribution in [0.2, 0.25) is 0 Å². The molecule has 0 aromatic heterocycles. The zero-order valence-electron chi connectivity index (χ0n) is 8.82. The highest BCUT2D eigenvalue weighted by atomic mass is 32.2. The van der Waals surface area contributed by atoms with Gasteiger partial charge in [0.15, 0.2) is 0 Å². The molecule has 1 aliphatic rings. The summed E-state index contributed by atoms with van der Waals surface area (Å²) in [5, 5.41) is 3.36. The average molecular weight is 221 g/mol.